The average molecular weight is 326 g/mol. The summed E-state index contributed by atoms with van der Waals surface area (Å²) < 4.78 is 0. The van der Waals surface area contributed by atoms with Crippen LogP contribution in [0.25, 0.3) is 33.7 Å². The number of fused-ring (bicyclic) bond motifs is 1. The van der Waals surface area contributed by atoms with E-state index in [2.05, 4.69) is 35.1 Å². The summed E-state index contributed by atoms with van der Waals surface area (Å²) in [5.41, 5.74) is 11.6. The van der Waals surface area contributed by atoms with Crippen molar-refractivity contribution in [3.63, 3.8) is 0 Å². The van der Waals surface area contributed by atoms with E-state index < -0.39 is 0 Å². The molecule has 0 bridgehead atoms. The lowest BCUT2D eigenvalue weighted by molar-refractivity contribution is 1.07. The van der Waals surface area contributed by atoms with Crippen LogP contribution in [-0.2, 0) is 6.54 Å². The summed E-state index contributed by atoms with van der Waals surface area (Å²) in [5.74, 6) is 0.634. The molecule has 4 rings (SSSR count). The zero-order chi connectivity index (χ0) is 17.2. The van der Waals surface area contributed by atoms with Gasteiger partial charge in [0.2, 0.25) is 0 Å². The Bertz CT molecular complexity index is 1060. The Balaban J connectivity index is 1.83. The van der Waals surface area contributed by atoms with E-state index >= 15 is 0 Å². The third kappa shape index (κ3) is 2.99. The topological polar surface area (TPSA) is 64.7 Å². The van der Waals surface area contributed by atoms with Crippen LogP contribution in [-0.4, -0.2) is 15.0 Å². The highest BCUT2D eigenvalue weighted by molar-refractivity contribution is 5.79. The molecule has 0 fully saturated rings. The molecular weight excluding hydrogens is 308 g/mol. The van der Waals surface area contributed by atoms with Gasteiger partial charge in [0, 0.05) is 23.7 Å². The molecule has 2 aromatic heterocycles. The van der Waals surface area contributed by atoms with Crippen LogP contribution >= 0.6 is 0 Å². The number of para-hydroxylation sites is 1. The number of hydrogen-bond acceptors (Lipinski definition) is 4. The van der Waals surface area contributed by atoms with Crippen LogP contribution in [0, 0.1) is 6.92 Å². The quantitative estimate of drug-likeness (QED) is 0.615. The fourth-order valence-corrected chi connectivity index (χ4v) is 2.89. The third-order valence-corrected chi connectivity index (χ3v) is 4.25. The first kappa shape index (κ1) is 15.4. The van der Waals surface area contributed by atoms with Crippen molar-refractivity contribution < 1.29 is 0 Å². The van der Waals surface area contributed by atoms with E-state index in [1.807, 2.05) is 48.7 Å². The third-order valence-electron chi connectivity index (χ3n) is 4.25. The van der Waals surface area contributed by atoms with Gasteiger partial charge in [-0.05, 0) is 36.2 Å². The van der Waals surface area contributed by atoms with Crippen molar-refractivity contribution in [2.24, 2.45) is 5.73 Å². The predicted molar refractivity (Wildman–Crippen MR) is 101 cm³/mol. The molecule has 2 heterocycles. The minimum absolute atomic E-state index is 0.514. The van der Waals surface area contributed by atoms with Crippen LogP contribution in [0.3, 0.4) is 0 Å². The number of nitrogens with two attached hydrogens (primary N) is 1. The molecule has 0 atom stereocenters. The fourth-order valence-electron chi connectivity index (χ4n) is 2.89. The Hall–Kier alpha value is -3.11. The summed E-state index contributed by atoms with van der Waals surface area (Å²) in [6.45, 7) is 2.57. The van der Waals surface area contributed by atoms with Gasteiger partial charge in [-0.1, -0.05) is 42.5 Å². The second kappa shape index (κ2) is 6.42. The molecule has 25 heavy (non-hydrogen) atoms. The molecule has 2 N–H and O–H groups in total. The summed E-state index contributed by atoms with van der Waals surface area (Å²) in [6, 6.07) is 20.2. The van der Waals surface area contributed by atoms with E-state index in [9.17, 15) is 0 Å². The number of benzene rings is 2. The standard InChI is InChI=1S/C21H18N4/c1-14-9-10-19(21-23-13-17-6-2-3-8-18(17)25-21)24-20(14)16-7-4-5-15(11-16)12-22/h2-11,13H,12,22H2,1H3. The van der Waals surface area contributed by atoms with Gasteiger partial charge in [-0.3, -0.25) is 0 Å². The van der Waals surface area contributed by atoms with Crippen molar-refractivity contribution in [2.75, 3.05) is 0 Å². The van der Waals surface area contributed by atoms with Gasteiger partial charge in [-0.25, -0.2) is 15.0 Å². The zero-order valence-corrected chi connectivity index (χ0v) is 14.0. The average Bonchev–Trinajstić information content (AvgIpc) is 2.68. The molecular formula is C21H18N4. The minimum Gasteiger partial charge on any atom is -0.326 e. The predicted octanol–water partition coefficient (Wildman–Crippen LogP) is 4.13. The first-order valence-electron chi connectivity index (χ1n) is 8.24. The highest BCUT2D eigenvalue weighted by atomic mass is 14.9. The Kier molecular flexibility index (Phi) is 3.96. The van der Waals surface area contributed by atoms with E-state index in [0.717, 1.165) is 39.0 Å². The van der Waals surface area contributed by atoms with Crippen molar-refractivity contribution in [3.8, 4) is 22.8 Å². The fraction of sp³-hybridized carbons (Fsp3) is 0.0952. The van der Waals surface area contributed by atoms with Gasteiger partial charge in [-0.15, -0.1) is 0 Å². The van der Waals surface area contributed by atoms with Crippen molar-refractivity contribution in [3.05, 3.63) is 78.0 Å². The van der Waals surface area contributed by atoms with E-state index in [0.29, 0.717) is 12.4 Å². The molecule has 122 valence electrons. The van der Waals surface area contributed by atoms with Gasteiger partial charge in [0.15, 0.2) is 5.82 Å². The summed E-state index contributed by atoms with van der Waals surface area (Å²) in [6.07, 6.45) is 1.84. The number of aryl methyl sites for hydroxylation is 1. The van der Waals surface area contributed by atoms with Crippen LogP contribution in [0.1, 0.15) is 11.1 Å². The molecule has 4 nitrogen and oxygen atoms in total. The van der Waals surface area contributed by atoms with E-state index in [1.165, 1.54) is 0 Å². The molecule has 0 aliphatic carbocycles. The van der Waals surface area contributed by atoms with Gasteiger partial charge < -0.3 is 5.73 Å². The van der Waals surface area contributed by atoms with E-state index in [1.54, 1.807) is 0 Å². The summed E-state index contributed by atoms with van der Waals surface area (Å²) in [5, 5.41) is 1.02. The Morgan fingerprint density at radius 1 is 0.920 bits per heavy atom. The lowest BCUT2D eigenvalue weighted by Crippen LogP contribution is -1.98. The van der Waals surface area contributed by atoms with Crippen LogP contribution in [0.4, 0.5) is 0 Å². The van der Waals surface area contributed by atoms with Gasteiger partial charge in [0.25, 0.3) is 0 Å². The molecule has 0 saturated heterocycles. The largest absolute Gasteiger partial charge is 0.326 e. The van der Waals surface area contributed by atoms with Crippen molar-refractivity contribution >= 4 is 10.9 Å². The monoisotopic (exact) mass is 326 g/mol. The molecule has 0 aliphatic heterocycles. The Morgan fingerprint density at radius 3 is 2.68 bits per heavy atom. The van der Waals surface area contributed by atoms with Gasteiger partial charge in [-0.2, -0.15) is 0 Å². The Morgan fingerprint density at radius 2 is 1.80 bits per heavy atom. The molecule has 2 aromatic carbocycles. The van der Waals surface area contributed by atoms with E-state index in [-0.39, 0.29) is 0 Å². The Labute approximate surface area is 146 Å². The van der Waals surface area contributed by atoms with Crippen LogP contribution in [0.5, 0.6) is 0 Å². The highest BCUT2D eigenvalue weighted by Gasteiger charge is 2.10. The zero-order valence-electron chi connectivity index (χ0n) is 14.0. The highest BCUT2D eigenvalue weighted by Crippen LogP contribution is 2.25. The van der Waals surface area contributed by atoms with Gasteiger partial charge in [0.05, 0.1) is 11.2 Å². The SMILES string of the molecule is Cc1ccc(-c2ncc3ccccc3n2)nc1-c1cccc(CN)c1. The number of hydrogen-bond donors (Lipinski definition) is 1. The lowest BCUT2D eigenvalue weighted by atomic mass is 10.0. The van der Waals surface area contributed by atoms with Crippen molar-refractivity contribution in [1.29, 1.82) is 0 Å². The summed E-state index contributed by atoms with van der Waals surface area (Å²) >= 11 is 0. The second-order valence-corrected chi connectivity index (χ2v) is 6.02. The maximum atomic E-state index is 5.77. The normalized spacial score (nSPS) is 11.0. The van der Waals surface area contributed by atoms with Crippen LogP contribution < -0.4 is 5.73 Å². The van der Waals surface area contributed by atoms with Gasteiger partial charge >= 0.3 is 0 Å². The minimum atomic E-state index is 0.514. The first-order valence-corrected chi connectivity index (χ1v) is 8.24. The maximum absolute atomic E-state index is 5.77. The lowest BCUT2D eigenvalue weighted by Gasteiger charge is -2.09. The first-order chi connectivity index (χ1) is 12.2. The number of aromatic nitrogens is 3. The molecule has 0 saturated carbocycles. The smallest absolute Gasteiger partial charge is 0.178 e. The van der Waals surface area contributed by atoms with Crippen LogP contribution in [0.2, 0.25) is 0 Å². The van der Waals surface area contributed by atoms with E-state index in [4.69, 9.17) is 10.7 Å². The van der Waals surface area contributed by atoms with Crippen molar-refractivity contribution in [2.45, 2.75) is 13.5 Å². The molecule has 4 heteroatoms. The van der Waals surface area contributed by atoms with Crippen LogP contribution in [0.15, 0.2) is 66.9 Å². The van der Waals surface area contributed by atoms with Crippen molar-refractivity contribution in [1.82, 2.24) is 15.0 Å². The summed E-state index contributed by atoms with van der Waals surface area (Å²) in [4.78, 5) is 14.0. The molecule has 0 aliphatic rings. The molecule has 0 spiro atoms. The second-order valence-electron chi connectivity index (χ2n) is 6.02. The molecule has 4 aromatic rings. The number of pyridine rings is 1. The molecule has 0 unspecified atom stereocenters. The number of nitrogens with zero attached hydrogens (tertiary/aromatic N) is 3. The maximum Gasteiger partial charge on any atom is 0.178 e. The molecule has 0 amide bonds. The summed E-state index contributed by atoms with van der Waals surface area (Å²) in [7, 11) is 0. The molecule has 0 radical (unpaired) electrons. The van der Waals surface area contributed by atoms with Gasteiger partial charge in [0.1, 0.15) is 5.69 Å². The number of rotatable bonds is 3.